The molecule has 1 saturated heterocycles. The van der Waals surface area contributed by atoms with Crippen molar-refractivity contribution >= 4 is 0 Å². The van der Waals surface area contributed by atoms with Crippen molar-refractivity contribution in [2.45, 2.75) is 5.91 Å². The van der Waals surface area contributed by atoms with E-state index in [1.807, 2.05) is 0 Å². The normalized spacial score (nSPS) is 22.2. The number of hydrazine groups is 3. The van der Waals surface area contributed by atoms with Crippen molar-refractivity contribution in [2.24, 2.45) is 0 Å². The van der Waals surface area contributed by atoms with Gasteiger partial charge in [0.2, 0.25) is 0 Å². The molecular formula is C9H20N4O6. The van der Waals surface area contributed by atoms with Gasteiger partial charge in [-0.3, -0.25) is 19.4 Å². The first-order valence-corrected chi connectivity index (χ1v) is 5.24. The molecule has 1 rings (SSSR count). The molecular weight excluding hydrogens is 260 g/mol. The Balaban J connectivity index is 3.29. The molecule has 0 spiro atoms. The van der Waals surface area contributed by atoms with E-state index in [-0.39, 0.29) is 5.70 Å². The lowest BCUT2D eigenvalue weighted by molar-refractivity contribution is -0.660. The molecule has 0 amide bonds. The number of hydrogen-bond acceptors (Lipinski definition) is 10. The smallest absolute Gasteiger partial charge is 0.316 e. The fraction of sp³-hybridized carbons (Fsp3) is 0.778. The minimum Gasteiger partial charge on any atom is -0.333 e. The van der Waals surface area contributed by atoms with Gasteiger partial charge in [-0.25, -0.2) is 0 Å². The fourth-order valence-electron chi connectivity index (χ4n) is 1.72. The predicted octanol–water partition coefficient (Wildman–Crippen LogP) is -0.341. The maximum Gasteiger partial charge on any atom is 0.316 e. The van der Waals surface area contributed by atoms with Crippen molar-refractivity contribution in [2.75, 3.05) is 42.7 Å². The summed E-state index contributed by atoms with van der Waals surface area (Å²) in [7, 11) is 8.48. The molecule has 19 heavy (non-hydrogen) atoms. The lowest BCUT2D eigenvalue weighted by atomic mass is 10.3. The van der Waals surface area contributed by atoms with Crippen molar-refractivity contribution in [3.8, 4) is 0 Å². The summed E-state index contributed by atoms with van der Waals surface area (Å²) in [5.74, 6) is -1.49. The molecule has 0 aromatic heterocycles. The van der Waals surface area contributed by atoms with Crippen LogP contribution in [0.1, 0.15) is 0 Å². The number of hydroxylamine groups is 2. The van der Waals surface area contributed by atoms with Crippen molar-refractivity contribution in [3.05, 3.63) is 12.3 Å². The Morgan fingerprint density at radius 2 is 1.32 bits per heavy atom. The zero-order chi connectivity index (χ0) is 14.6. The van der Waals surface area contributed by atoms with Gasteiger partial charge in [0.05, 0.1) is 28.4 Å². The summed E-state index contributed by atoms with van der Waals surface area (Å²) in [6, 6.07) is 0. The second-order valence-electron chi connectivity index (χ2n) is 3.22. The molecule has 0 radical (unpaired) electrons. The highest BCUT2D eigenvalue weighted by Gasteiger charge is 2.57. The van der Waals surface area contributed by atoms with Crippen LogP contribution in [0, 0.1) is 0 Å². The van der Waals surface area contributed by atoms with Gasteiger partial charge >= 0.3 is 5.91 Å². The van der Waals surface area contributed by atoms with Gasteiger partial charge < -0.3 is 9.47 Å². The fourth-order valence-corrected chi connectivity index (χ4v) is 1.72. The van der Waals surface area contributed by atoms with E-state index < -0.39 is 5.91 Å². The molecule has 0 aromatic carbocycles. The Morgan fingerprint density at radius 1 is 0.789 bits per heavy atom. The maximum atomic E-state index is 5.35. The zero-order valence-electron chi connectivity index (χ0n) is 11.9. The Kier molecular flexibility index (Phi) is 5.61. The van der Waals surface area contributed by atoms with Gasteiger partial charge in [0, 0.05) is 24.8 Å². The van der Waals surface area contributed by atoms with Crippen LogP contribution in [0.4, 0.5) is 0 Å². The van der Waals surface area contributed by atoms with Crippen LogP contribution in [0.25, 0.3) is 0 Å². The summed E-state index contributed by atoms with van der Waals surface area (Å²) in [6.07, 6.45) is 0. The van der Waals surface area contributed by atoms with E-state index in [2.05, 4.69) is 6.58 Å². The third-order valence-corrected chi connectivity index (χ3v) is 2.53. The van der Waals surface area contributed by atoms with Crippen molar-refractivity contribution < 1.29 is 28.8 Å². The summed E-state index contributed by atoms with van der Waals surface area (Å²) < 4.78 is 10.7. The first kappa shape index (κ1) is 16.2. The molecule has 1 aliphatic heterocycles. The Bertz CT molecular complexity index is 313. The highest BCUT2D eigenvalue weighted by molar-refractivity contribution is 5.03. The van der Waals surface area contributed by atoms with E-state index in [0.29, 0.717) is 0 Å². The molecule has 0 atom stereocenters. The van der Waals surface area contributed by atoms with Crippen molar-refractivity contribution in [1.82, 2.24) is 20.9 Å². The second-order valence-corrected chi connectivity index (χ2v) is 3.22. The molecule has 0 N–H and O–H groups in total. The van der Waals surface area contributed by atoms with E-state index in [4.69, 9.17) is 28.8 Å². The first-order chi connectivity index (χ1) is 9.07. The van der Waals surface area contributed by atoms with Gasteiger partial charge in [-0.15, -0.1) is 5.17 Å². The average Bonchev–Trinajstić information content (AvgIpc) is 2.45. The van der Waals surface area contributed by atoms with E-state index in [1.165, 1.54) is 47.8 Å². The van der Waals surface area contributed by atoms with Crippen LogP contribution in [0.15, 0.2) is 12.3 Å². The molecule has 10 nitrogen and oxygen atoms in total. The molecule has 1 heterocycles. The maximum absolute atomic E-state index is 5.35. The SMILES string of the molecule is C=C1N(OC)N(OC)N(OC)N(OC)C1(OC)OC. The Labute approximate surface area is 111 Å². The minimum absolute atomic E-state index is 0.247. The summed E-state index contributed by atoms with van der Waals surface area (Å²) in [5, 5.41) is 4.48. The average molecular weight is 280 g/mol. The number of ether oxygens (including phenoxy) is 2. The molecule has 0 saturated carbocycles. The summed E-state index contributed by atoms with van der Waals surface area (Å²) >= 11 is 0. The third-order valence-electron chi connectivity index (χ3n) is 2.53. The third kappa shape index (κ3) is 2.33. The van der Waals surface area contributed by atoms with Gasteiger partial charge in [-0.2, -0.15) is 0 Å². The number of hydrogen-bond donors (Lipinski definition) is 0. The molecule has 1 fully saturated rings. The van der Waals surface area contributed by atoms with Crippen LogP contribution in [-0.2, 0) is 28.8 Å². The number of methoxy groups -OCH3 is 2. The van der Waals surface area contributed by atoms with E-state index in [0.717, 1.165) is 15.7 Å². The quantitative estimate of drug-likeness (QED) is 0.603. The standard InChI is InChI=1S/C9H20N4O6/c1-8-9(14-2,15-3)11(17-5)13(19-7)12(18-6)10(8)16-4/h1H2,2-7H3. The molecule has 0 bridgehead atoms. The molecule has 0 unspecified atom stereocenters. The van der Waals surface area contributed by atoms with Gasteiger partial charge in [0.15, 0.2) is 0 Å². The highest BCUT2D eigenvalue weighted by atomic mass is 17.0. The molecule has 1 aliphatic rings. The van der Waals surface area contributed by atoms with Crippen LogP contribution < -0.4 is 0 Å². The van der Waals surface area contributed by atoms with Crippen LogP contribution in [0.2, 0.25) is 0 Å². The molecule has 10 heteroatoms. The Morgan fingerprint density at radius 3 is 1.63 bits per heavy atom. The summed E-state index contributed by atoms with van der Waals surface area (Å²) in [5.41, 5.74) is 0.247. The molecule has 112 valence electrons. The first-order valence-electron chi connectivity index (χ1n) is 5.24. The number of nitrogens with zero attached hydrogens (tertiary/aromatic N) is 4. The molecule has 0 aliphatic carbocycles. The topological polar surface area (TPSA) is 68.3 Å². The van der Waals surface area contributed by atoms with Crippen LogP contribution >= 0.6 is 0 Å². The molecule has 0 aromatic rings. The monoisotopic (exact) mass is 280 g/mol. The lowest BCUT2D eigenvalue weighted by Gasteiger charge is -2.53. The van der Waals surface area contributed by atoms with Crippen LogP contribution in [-0.4, -0.2) is 69.5 Å². The van der Waals surface area contributed by atoms with Gasteiger partial charge in [0.25, 0.3) is 0 Å². The van der Waals surface area contributed by atoms with E-state index in [1.54, 1.807) is 0 Å². The highest BCUT2D eigenvalue weighted by Crippen LogP contribution is 2.36. The Hall–Kier alpha value is -0.820. The zero-order valence-corrected chi connectivity index (χ0v) is 11.9. The largest absolute Gasteiger partial charge is 0.333 e. The van der Waals surface area contributed by atoms with E-state index in [9.17, 15) is 0 Å². The van der Waals surface area contributed by atoms with Gasteiger partial charge in [-0.1, -0.05) is 6.58 Å². The summed E-state index contributed by atoms with van der Waals surface area (Å²) in [6.45, 7) is 3.85. The minimum atomic E-state index is -1.49. The summed E-state index contributed by atoms with van der Waals surface area (Å²) in [4.78, 5) is 20.6. The second kappa shape index (κ2) is 6.56. The predicted molar refractivity (Wildman–Crippen MR) is 61.3 cm³/mol. The van der Waals surface area contributed by atoms with Crippen molar-refractivity contribution in [1.29, 1.82) is 0 Å². The van der Waals surface area contributed by atoms with Gasteiger partial charge in [0.1, 0.15) is 5.70 Å². The van der Waals surface area contributed by atoms with Gasteiger partial charge in [-0.05, 0) is 5.17 Å². The van der Waals surface area contributed by atoms with E-state index >= 15 is 0 Å². The lowest BCUT2D eigenvalue weighted by Crippen LogP contribution is -2.73. The number of rotatable bonds is 6. The van der Waals surface area contributed by atoms with Crippen molar-refractivity contribution in [3.63, 3.8) is 0 Å². The van der Waals surface area contributed by atoms with Crippen LogP contribution in [0.3, 0.4) is 0 Å². The van der Waals surface area contributed by atoms with Crippen LogP contribution in [0.5, 0.6) is 0 Å².